The Bertz CT molecular complexity index is 1070. The van der Waals surface area contributed by atoms with E-state index in [4.69, 9.17) is 17.2 Å². The van der Waals surface area contributed by atoms with E-state index >= 15 is 0 Å². The molecule has 32 heavy (non-hydrogen) atoms. The van der Waals surface area contributed by atoms with E-state index in [0.29, 0.717) is 6.04 Å². The first-order valence-electron chi connectivity index (χ1n) is 11.7. The first-order valence-corrected chi connectivity index (χ1v) is 12.1. The smallest absolute Gasteiger partial charge is 0.170 e. The molecule has 166 valence electrons. The van der Waals surface area contributed by atoms with Gasteiger partial charge in [0, 0.05) is 42.6 Å². The van der Waals surface area contributed by atoms with Crippen molar-refractivity contribution in [3.05, 3.63) is 83.2 Å². The van der Waals surface area contributed by atoms with Crippen molar-refractivity contribution >= 4 is 17.3 Å². The molecule has 2 aliphatic rings. The lowest BCUT2D eigenvalue weighted by atomic mass is 9.94. The van der Waals surface area contributed by atoms with E-state index in [1.807, 2.05) is 24.7 Å². The van der Waals surface area contributed by atoms with Gasteiger partial charge in [-0.15, -0.1) is 0 Å². The molecular weight excluding hydrogens is 414 g/mol. The lowest BCUT2D eigenvalue weighted by molar-refractivity contribution is 0.306. The predicted octanol–water partition coefficient (Wildman–Crippen LogP) is 5.57. The van der Waals surface area contributed by atoms with Crippen molar-refractivity contribution in [3.63, 3.8) is 0 Å². The monoisotopic (exact) mass is 445 g/mol. The third-order valence-electron chi connectivity index (χ3n) is 7.08. The fourth-order valence-corrected chi connectivity index (χ4v) is 5.91. The molecule has 1 saturated heterocycles. The zero-order chi connectivity index (χ0) is 22.1. The normalized spacial score (nSPS) is 21.7. The Labute approximate surface area is 195 Å². The molecule has 0 unspecified atom stereocenters. The second-order valence-corrected chi connectivity index (χ2v) is 9.48. The van der Waals surface area contributed by atoms with Gasteiger partial charge in [-0.05, 0) is 80.4 Å². The van der Waals surface area contributed by atoms with Gasteiger partial charge in [0.05, 0.1) is 17.8 Å². The summed E-state index contributed by atoms with van der Waals surface area (Å²) in [6, 6.07) is 13.4. The first kappa shape index (κ1) is 21.1. The van der Waals surface area contributed by atoms with Crippen molar-refractivity contribution < 1.29 is 0 Å². The Morgan fingerprint density at radius 2 is 1.81 bits per heavy atom. The maximum Gasteiger partial charge on any atom is 0.170 e. The van der Waals surface area contributed by atoms with Gasteiger partial charge in [0.15, 0.2) is 5.11 Å². The number of aromatic nitrogens is 3. The summed E-state index contributed by atoms with van der Waals surface area (Å²) in [5.74, 6) is 0. The van der Waals surface area contributed by atoms with Crippen LogP contribution in [-0.4, -0.2) is 24.5 Å². The lowest BCUT2D eigenvalue weighted by Gasteiger charge is -2.30. The fourth-order valence-electron chi connectivity index (χ4n) is 5.60. The highest BCUT2D eigenvalue weighted by atomic mass is 32.1. The second kappa shape index (κ2) is 9.02. The largest absolute Gasteiger partial charge is 0.352 e. The minimum absolute atomic E-state index is 0.0193. The Balaban J connectivity index is 1.57. The number of aryl methyl sites for hydroxylation is 1. The van der Waals surface area contributed by atoms with E-state index in [-0.39, 0.29) is 12.1 Å². The molecule has 0 aromatic carbocycles. The molecule has 2 fully saturated rings. The summed E-state index contributed by atoms with van der Waals surface area (Å²) in [6.45, 7) is 5.29. The number of pyridine rings is 2. The van der Waals surface area contributed by atoms with Crippen LogP contribution in [-0.2, 0) is 6.54 Å². The number of hydrogen-bond donors (Lipinski definition) is 1. The summed E-state index contributed by atoms with van der Waals surface area (Å²) >= 11 is 5.87. The van der Waals surface area contributed by atoms with Crippen LogP contribution in [0.25, 0.3) is 0 Å². The van der Waals surface area contributed by atoms with Crippen molar-refractivity contribution in [2.45, 2.75) is 70.6 Å². The first-order chi connectivity index (χ1) is 15.6. The predicted molar refractivity (Wildman–Crippen MR) is 131 cm³/mol. The van der Waals surface area contributed by atoms with Crippen LogP contribution in [0.1, 0.15) is 78.4 Å². The van der Waals surface area contributed by atoms with Crippen molar-refractivity contribution in [2.24, 2.45) is 0 Å². The topological polar surface area (TPSA) is 46.0 Å². The highest BCUT2D eigenvalue weighted by molar-refractivity contribution is 7.80. The standard InChI is InChI=1S/C26H31N5S/c1-18-16-22(19(2)31(18)21-8-4-3-5-9-21)25-24(23-10-6-7-13-28-23)29-26(32)30(25)17-20-11-14-27-15-12-20/h6-7,10-16,21,24-25H,3-5,8-9,17H2,1-2H3,(H,29,32)/t24-,25-/m0/s1. The summed E-state index contributed by atoms with van der Waals surface area (Å²) in [6.07, 6.45) is 12.2. The SMILES string of the molecule is Cc1cc([C@H]2[C@H](c3ccccn3)NC(=S)N2Cc2ccncc2)c(C)n1C1CCCCC1. The summed E-state index contributed by atoms with van der Waals surface area (Å²) in [5.41, 5.74) is 6.30. The van der Waals surface area contributed by atoms with Gasteiger partial charge in [0.2, 0.25) is 0 Å². The van der Waals surface area contributed by atoms with Crippen molar-refractivity contribution in [1.82, 2.24) is 24.8 Å². The van der Waals surface area contributed by atoms with Crippen LogP contribution in [0.5, 0.6) is 0 Å². The summed E-state index contributed by atoms with van der Waals surface area (Å²) in [7, 11) is 0. The molecule has 1 N–H and O–H groups in total. The van der Waals surface area contributed by atoms with Gasteiger partial charge in [-0.3, -0.25) is 9.97 Å². The van der Waals surface area contributed by atoms with E-state index in [2.05, 4.69) is 63.9 Å². The highest BCUT2D eigenvalue weighted by Crippen LogP contribution is 2.43. The second-order valence-electron chi connectivity index (χ2n) is 9.10. The third kappa shape index (κ3) is 3.92. The minimum Gasteiger partial charge on any atom is -0.352 e. The third-order valence-corrected chi connectivity index (χ3v) is 7.43. The Hall–Kier alpha value is -2.73. The molecule has 5 nitrogen and oxygen atoms in total. The molecule has 5 rings (SSSR count). The van der Waals surface area contributed by atoms with Gasteiger partial charge < -0.3 is 14.8 Å². The average molecular weight is 446 g/mol. The summed E-state index contributed by atoms with van der Waals surface area (Å²) in [5, 5.41) is 4.38. The van der Waals surface area contributed by atoms with Crippen LogP contribution in [0.15, 0.2) is 55.0 Å². The van der Waals surface area contributed by atoms with Crippen LogP contribution in [0, 0.1) is 13.8 Å². The molecule has 6 heteroatoms. The molecule has 0 amide bonds. The average Bonchev–Trinajstić information content (AvgIpc) is 3.30. The summed E-state index contributed by atoms with van der Waals surface area (Å²) < 4.78 is 2.59. The Morgan fingerprint density at radius 3 is 2.53 bits per heavy atom. The van der Waals surface area contributed by atoms with Crippen molar-refractivity contribution in [2.75, 3.05) is 0 Å². The number of rotatable bonds is 5. The van der Waals surface area contributed by atoms with E-state index in [0.717, 1.165) is 17.4 Å². The number of nitrogens with zero attached hydrogens (tertiary/aromatic N) is 4. The summed E-state index contributed by atoms with van der Waals surface area (Å²) in [4.78, 5) is 11.2. The van der Waals surface area contributed by atoms with E-state index < -0.39 is 0 Å². The highest BCUT2D eigenvalue weighted by Gasteiger charge is 2.41. The molecule has 2 atom stereocenters. The van der Waals surface area contributed by atoms with Crippen LogP contribution in [0.3, 0.4) is 0 Å². The number of hydrogen-bond acceptors (Lipinski definition) is 3. The lowest BCUT2D eigenvalue weighted by Crippen LogP contribution is -2.29. The zero-order valence-electron chi connectivity index (χ0n) is 18.9. The molecule has 3 aromatic heterocycles. The van der Waals surface area contributed by atoms with Gasteiger partial charge in [-0.1, -0.05) is 25.3 Å². The van der Waals surface area contributed by atoms with Gasteiger partial charge in [-0.25, -0.2) is 0 Å². The molecule has 0 bridgehead atoms. The molecule has 0 spiro atoms. The molecule has 4 heterocycles. The van der Waals surface area contributed by atoms with Gasteiger partial charge >= 0.3 is 0 Å². The van der Waals surface area contributed by atoms with Crippen LogP contribution >= 0.6 is 12.2 Å². The van der Waals surface area contributed by atoms with Crippen molar-refractivity contribution in [1.29, 1.82) is 0 Å². The van der Waals surface area contributed by atoms with Crippen LogP contribution in [0.2, 0.25) is 0 Å². The Kier molecular flexibility index (Phi) is 5.96. The zero-order valence-corrected chi connectivity index (χ0v) is 19.7. The quantitative estimate of drug-likeness (QED) is 0.520. The van der Waals surface area contributed by atoms with Crippen LogP contribution < -0.4 is 5.32 Å². The number of nitrogens with one attached hydrogen (secondary N) is 1. The molecule has 1 saturated carbocycles. The molecule has 1 aliphatic heterocycles. The van der Waals surface area contributed by atoms with Crippen LogP contribution in [0.4, 0.5) is 0 Å². The molecule has 0 radical (unpaired) electrons. The Morgan fingerprint density at radius 1 is 1.03 bits per heavy atom. The van der Waals surface area contributed by atoms with Gasteiger partial charge in [-0.2, -0.15) is 0 Å². The maximum absolute atomic E-state index is 5.87. The van der Waals surface area contributed by atoms with E-state index in [1.54, 1.807) is 0 Å². The minimum atomic E-state index is 0.0193. The van der Waals surface area contributed by atoms with Gasteiger partial charge in [0.1, 0.15) is 0 Å². The van der Waals surface area contributed by atoms with Crippen molar-refractivity contribution in [3.8, 4) is 0 Å². The van der Waals surface area contributed by atoms with E-state index in [9.17, 15) is 0 Å². The maximum atomic E-state index is 5.87. The number of thiocarbonyl (C=S) groups is 1. The molecule has 1 aliphatic carbocycles. The van der Waals surface area contributed by atoms with Gasteiger partial charge in [0.25, 0.3) is 0 Å². The fraction of sp³-hybridized carbons (Fsp3) is 0.423. The molecular formula is C26H31N5S. The molecule has 3 aromatic rings. The van der Waals surface area contributed by atoms with E-state index in [1.165, 1.54) is 54.6 Å².